The van der Waals surface area contributed by atoms with Gasteiger partial charge in [-0.25, -0.2) is 0 Å². The van der Waals surface area contributed by atoms with Gasteiger partial charge in [0, 0.05) is 12.1 Å². The Hall–Kier alpha value is -1.38. The van der Waals surface area contributed by atoms with E-state index < -0.39 is 5.60 Å². The second kappa shape index (κ2) is 4.56. The molecule has 2 heterocycles. The van der Waals surface area contributed by atoms with Gasteiger partial charge >= 0.3 is 0 Å². The van der Waals surface area contributed by atoms with Crippen LogP contribution < -0.4 is 0 Å². The van der Waals surface area contributed by atoms with Gasteiger partial charge in [0.15, 0.2) is 0 Å². The molecule has 2 aromatic carbocycles. The Morgan fingerprint density at radius 1 is 1.05 bits per heavy atom. The average Bonchev–Trinajstić information content (AvgIpc) is 2.70. The summed E-state index contributed by atoms with van der Waals surface area (Å²) in [7, 11) is 2.22. The number of benzene rings is 2. The molecular formula is C19H23NO. The van der Waals surface area contributed by atoms with E-state index in [4.69, 9.17) is 0 Å². The van der Waals surface area contributed by atoms with Crippen molar-refractivity contribution in [3.8, 4) is 0 Å². The van der Waals surface area contributed by atoms with Crippen LogP contribution in [0.5, 0.6) is 0 Å². The summed E-state index contributed by atoms with van der Waals surface area (Å²) in [5.74, 6) is 0. The van der Waals surface area contributed by atoms with Crippen molar-refractivity contribution in [3.05, 3.63) is 47.5 Å². The first kappa shape index (κ1) is 13.3. The van der Waals surface area contributed by atoms with Gasteiger partial charge in [-0.05, 0) is 61.6 Å². The molecule has 2 heteroatoms. The second-order valence-corrected chi connectivity index (χ2v) is 6.97. The van der Waals surface area contributed by atoms with Gasteiger partial charge in [0.25, 0.3) is 0 Å². The summed E-state index contributed by atoms with van der Waals surface area (Å²) in [4.78, 5) is 2.48. The van der Waals surface area contributed by atoms with Crippen molar-refractivity contribution >= 4 is 10.8 Å². The van der Waals surface area contributed by atoms with Crippen molar-refractivity contribution in [1.29, 1.82) is 0 Å². The van der Waals surface area contributed by atoms with Crippen molar-refractivity contribution < 1.29 is 5.11 Å². The van der Waals surface area contributed by atoms with Gasteiger partial charge in [-0.3, -0.25) is 0 Å². The molecule has 1 N–H and O–H groups in total. The maximum atomic E-state index is 11.5. The topological polar surface area (TPSA) is 23.5 Å². The van der Waals surface area contributed by atoms with E-state index in [1.165, 1.54) is 34.7 Å². The lowest BCUT2D eigenvalue weighted by molar-refractivity contribution is -0.0486. The number of aryl methyl sites for hydroxylation is 1. The van der Waals surface area contributed by atoms with Gasteiger partial charge < -0.3 is 10.0 Å². The molecule has 2 aliphatic heterocycles. The molecule has 0 saturated carbocycles. The molecule has 2 aromatic rings. The number of hydrogen-bond acceptors (Lipinski definition) is 2. The van der Waals surface area contributed by atoms with E-state index in [9.17, 15) is 5.11 Å². The lowest BCUT2D eigenvalue weighted by Gasteiger charge is -2.43. The van der Waals surface area contributed by atoms with Gasteiger partial charge in [0.2, 0.25) is 0 Å². The normalized spacial score (nSPS) is 32.7. The summed E-state index contributed by atoms with van der Waals surface area (Å²) in [6.07, 6.45) is 4.20. The van der Waals surface area contributed by atoms with E-state index in [0.29, 0.717) is 12.1 Å². The molecule has 2 aliphatic rings. The summed E-state index contributed by atoms with van der Waals surface area (Å²) >= 11 is 0. The first-order chi connectivity index (χ1) is 10.1. The average molecular weight is 281 g/mol. The maximum Gasteiger partial charge on any atom is 0.0934 e. The predicted molar refractivity (Wildman–Crippen MR) is 86.4 cm³/mol. The summed E-state index contributed by atoms with van der Waals surface area (Å²) in [6.45, 7) is 2.14. The molecular weight excluding hydrogens is 258 g/mol. The third-order valence-corrected chi connectivity index (χ3v) is 5.73. The standard InChI is InChI=1S/C19H23NO/c1-13-7-8-14-5-3-4-6-17(14)18(13)19(21)11-15-9-10-16(12-19)20(15)2/h3-8,15-16,21H,9-12H2,1-2H3. The lowest BCUT2D eigenvalue weighted by atomic mass is 9.77. The third-order valence-electron chi connectivity index (χ3n) is 5.73. The highest BCUT2D eigenvalue weighted by Crippen LogP contribution is 2.47. The Morgan fingerprint density at radius 2 is 1.71 bits per heavy atom. The van der Waals surface area contributed by atoms with Crippen LogP contribution in [0.2, 0.25) is 0 Å². The zero-order valence-corrected chi connectivity index (χ0v) is 12.8. The number of hydrogen-bond donors (Lipinski definition) is 1. The fourth-order valence-corrected chi connectivity index (χ4v) is 4.65. The summed E-state index contributed by atoms with van der Waals surface area (Å²) in [6, 6.07) is 13.9. The molecule has 0 spiro atoms. The van der Waals surface area contributed by atoms with Crippen LogP contribution in [0.25, 0.3) is 10.8 Å². The van der Waals surface area contributed by atoms with Crippen LogP contribution >= 0.6 is 0 Å². The highest BCUT2D eigenvalue weighted by atomic mass is 16.3. The third kappa shape index (κ3) is 1.93. The van der Waals surface area contributed by atoms with Gasteiger partial charge in [0.1, 0.15) is 0 Å². The van der Waals surface area contributed by atoms with Crippen LogP contribution in [-0.4, -0.2) is 29.1 Å². The fraction of sp³-hybridized carbons (Fsp3) is 0.474. The van der Waals surface area contributed by atoms with Crippen molar-refractivity contribution in [2.45, 2.75) is 50.3 Å². The Balaban J connectivity index is 1.88. The van der Waals surface area contributed by atoms with E-state index in [0.717, 1.165) is 12.8 Å². The molecule has 0 aliphatic carbocycles. The minimum atomic E-state index is -0.663. The van der Waals surface area contributed by atoms with Crippen molar-refractivity contribution in [2.75, 3.05) is 7.05 Å². The van der Waals surface area contributed by atoms with Crippen molar-refractivity contribution in [3.63, 3.8) is 0 Å². The summed E-state index contributed by atoms with van der Waals surface area (Å²) < 4.78 is 0. The molecule has 2 bridgehead atoms. The van der Waals surface area contributed by atoms with E-state index >= 15 is 0 Å². The van der Waals surface area contributed by atoms with Gasteiger partial charge in [-0.2, -0.15) is 0 Å². The van der Waals surface area contributed by atoms with Crippen LogP contribution in [0.15, 0.2) is 36.4 Å². The first-order valence-corrected chi connectivity index (χ1v) is 8.02. The van der Waals surface area contributed by atoms with Crippen LogP contribution in [0.1, 0.15) is 36.8 Å². The number of rotatable bonds is 1. The molecule has 0 amide bonds. The second-order valence-electron chi connectivity index (χ2n) is 6.97. The minimum absolute atomic E-state index is 0.534. The van der Waals surface area contributed by atoms with E-state index in [1.54, 1.807) is 0 Å². The Labute approximate surface area is 126 Å². The monoisotopic (exact) mass is 281 g/mol. The van der Waals surface area contributed by atoms with Gasteiger partial charge in [-0.15, -0.1) is 0 Å². The van der Waals surface area contributed by atoms with Crippen molar-refractivity contribution in [1.82, 2.24) is 4.90 Å². The quantitative estimate of drug-likeness (QED) is 0.863. The lowest BCUT2D eigenvalue weighted by Crippen LogP contribution is -2.48. The van der Waals surface area contributed by atoms with Crippen LogP contribution in [0.4, 0.5) is 0 Å². The van der Waals surface area contributed by atoms with E-state index in [-0.39, 0.29) is 0 Å². The zero-order chi connectivity index (χ0) is 14.6. The molecule has 2 nitrogen and oxygen atoms in total. The number of fused-ring (bicyclic) bond motifs is 3. The molecule has 21 heavy (non-hydrogen) atoms. The summed E-state index contributed by atoms with van der Waals surface area (Å²) in [5.41, 5.74) is 1.73. The molecule has 2 atom stereocenters. The minimum Gasteiger partial charge on any atom is -0.385 e. The molecule has 2 saturated heterocycles. The highest BCUT2D eigenvalue weighted by Gasteiger charge is 2.47. The molecule has 2 unspecified atom stereocenters. The van der Waals surface area contributed by atoms with Gasteiger partial charge in [-0.1, -0.05) is 36.4 Å². The molecule has 4 rings (SSSR count). The Bertz CT molecular complexity index is 679. The number of piperidine rings is 1. The number of nitrogens with zero attached hydrogens (tertiary/aromatic N) is 1. The Morgan fingerprint density at radius 3 is 2.43 bits per heavy atom. The summed E-state index contributed by atoms with van der Waals surface area (Å²) in [5, 5.41) is 14.0. The number of aliphatic hydroxyl groups is 1. The largest absolute Gasteiger partial charge is 0.385 e. The molecule has 0 aromatic heterocycles. The van der Waals surface area contributed by atoms with Crippen LogP contribution in [0, 0.1) is 6.92 Å². The Kier molecular flexibility index (Phi) is 2.88. The molecule has 0 radical (unpaired) electrons. The smallest absolute Gasteiger partial charge is 0.0934 e. The van der Waals surface area contributed by atoms with Crippen LogP contribution in [0.3, 0.4) is 0 Å². The van der Waals surface area contributed by atoms with Crippen molar-refractivity contribution in [2.24, 2.45) is 0 Å². The predicted octanol–water partition coefficient (Wildman–Crippen LogP) is 3.59. The van der Waals surface area contributed by atoms with Gasteiger partial charge in [0.05, 0.1) is 5.60 Å². The highest BCUT2D eigenvalue weighted by molar-refractivity contribution is 5.87. The first-order valence-electron chi connectivity index (χ1n) is 8.02. The maximum absolute atomic E-state index is 11.5. The van der Waals surface area contributed by atoms with Crippen LogP contribution in [-0.2, 0) is 5.60 Å². The SMILES string of the molecule is Cc1ccc2ccccc2c1C1(O)CC2CCC(C1)N2C. The zero-order valence-electron chi connectivity index (χ0n) is 12.8. The van der Waals surface area contributed by atoms with E-state index in [2.05, 4.69) is 55.3 Å². The molecule has 110 valence electrons. The van der Waals surface area contributed by atoms with E-state index in [1.807, 2.05) is 0 Å². The molecule has 2 fully saturated rings. The fourth-order valence-electron chi connectivity index (χ4n) is 4.65.